The summed E-state index contributed by atoms with van der Waals surface area (Å²) in [5.74, 6) is 0.605. The standard InChI is InChI=1S/C21H17F2NO3/c1-14-5-4-6-17(13-14)26-16-11-9-15(10-12-16)24-20(25)18-7-2-3-8-19(18)27-21(22)23/h2-13,21H,1H3,(H,24,25). The fraction of sp³-hybridized carbons (Fsp3) is 0.0952. The van der Waals surface area contributed by atoms with Crippen molar-refractivity contribution in [2.75, 3.05) is 5.32 Å². The fourth-order valence-corrected chi connectivity index (χ4v) is 2.47. The molecule has 0 saturated heterocycles. The Balaban J connectivity index is 1.69. The van der Waals surface area contributed by atoms with Crippen molar-refractivity contribution in [2.24, 2.45) is 0 Å². The Kier molecular flexibility index (Phi) is 5.66. The number of hydrogen-bond acceptors (Lipinski definition) is 3. The first-order valence-corrected chi connectivity index (χ1v) is 8.21. The van der Waals surface area contributed by atoms with Gasteiger partial charge in [0.2, 0.25) is 0 Å². The van der Waals surface area contributed by atoms with Gasteiger partial charge in [-0.15, -0.1) is 0 Å². The maximum atomic E-state index is 12.5. The Hall–Kier alpha value is -3.41. The van der Waals surface area contributed by atoms with Crippen LogP contribution in [0.2, 0.25) is 0 Å². The molecule has 1 N–H and O–H groups in total. The molecule has 0 spiro atoms. The first-order chi connectivity index (χ1) is 13.0. The molecule has 0 atom stereocenters. The maximum absolute atomic E-state index is 12.5. The molecule has 3 aromatic carbocycles. The number of ether oxygens (including phenoxy) is 2. The van der Waals surface area contributed by atoms with E-state index >= 15 is 0 Å². The second-order valence-corrected chi connectivity index (χ2v) is 5.77. The number of hydrogen-bond donors (Lipinski definition) is 1. The number of carbonyl (C=O) groups excluding carboxylic acids is 1. The van der Waals surface area contributed by atoms with Gasteiger partial charge in [0.1, 0.15) is 17.2 Å². The van der Waals surface area contributed by atoms with E-state index in [1.54, 1.807) is 30.3 Å². The Morgan fingerprint density at radius 2 is 1.67 bits per heavy atom. The number of para-hydroxylation sites is 1. The third-order valence-electron chi connectivity index (χ3n) is 3.69. The number of alkyl halides is 2. The molecule has 0 aliphatic heterocycles. The number of nitrogens with one attached hydrogen (secondary N) is 1. The minimum atomic E-state index is -3.00. The van der Waals surface area contributed by atoms with Crippen LogP contribution >= 0.6 is 0 Å². The van der Waals surface area contributed by atoms with Crippen LogP contribution in [0.25, 0.3) is 0 Å². The Morgan fingerprint density at radius 3 is 2.37 bits per heavy atom. The van der Waals surface area contributed by atoms with Gasteiger partial charge in [0.15, 0.2) is 0 Å². The SMILES string of the molecule is Cc1cccc(Oc2ccc(NC(=O)c3ccccc3OC(F)F)cc2)c1. The van der Waals surface area contributed by atoms with Crippen molar-refractivity contribution in [3.8, 4) is 17.2 Å². The van der Waals surface area contributed by atoms with Gasteiger partial charge in [-0.2, -0.15) is 8.78 Å². The van der Waals surface area contributed by atoms with Crippen LogP contribution in [0.1, 0.15) is 15.9 Å². The number of rotatable bonds is 6. The van der Waals surface area contributed by atoms with E-state index in [0.717, 1.165) is 5.56 Å². The molecule has 0 aliphatic carbocycles. The van der Waals surface area contributed by atoms with Gasteiger partial charge in [-0.1, -0.05) is 24.3 Å². The van der Waals surface area contributed by atoms with Crippen molar-refractivity contribution in [3.05, 3.63) is 83.9 Å². The molecular weight excluding hydrogens is 352 g/mol. The minimum absolute atomic E-state index is 0.0258. The van der Waals surface area contributed by atoms with Crippen molar-refractivity contribution >= 4 is 11.6 Å². The number of amides is 1. The highest BCUT2D eigenvalue weighted by Gasteiger charge is 2.15. The van der Waals surface area contributed by atoms with Gasteiger partial charge >= 0.3 is 6.61 Å². The van der Waals surface area contributed by atoms with Gasteiger partial charge < -0.3 is 14.8 Å². The highest BCUT2D eigenvalue weighted by Crippen LogP contribution is 2.25. The molecule has 1 amide bonds. The normalized spacial score (nSPS) is 10.5. The predicted molar refractivity (Wildman–Crippen MR) is 98.7 cm³/mol. The van der Waals surface area contributed by atoms with Crippen LogP contribution < -0.4 is 14.8 Å². The molecule has 6 heteroatoms. The van der Waals surface area contributed by atoms with Crippen molar-refractivity contribution < 1.29 is 23.0 Å². The van der Waals surface area contributed by atoms with Crippen LogP contribution in [0, 0.1) is 6.92 Å². The summed E-state index contributed by atoms with van der Waals surface area (Å²) in [5, 5.41) is 2.65. The van der Waals surface area contributed by atoms with Crippen molar-refractivity contribution in [3.63, 3.8) is 0 Å². The first-order valence-electron chi connectivity index (χ1n) is 8.21. The molecule has 27 heavy (non-hydrogen) atoms. The molecular formula is C21H17F2NO3. The second-order valence-electron chi connectivity index (χ2n) is 5.77. The zero-order valence-electron chi connectivity index (χ0n) is 14.5. The fourth-order valence-electron chi connectivity index (χ4n) is 2.47. The average molecular weight is 369 g/mol. The molecule has 4 nitrogen and oxygen atoms in total. The zero-order chi connectivity index (χ0) is 19.2. The quantitative estimate of drug-likeness (QED) is 0.612. The summed E-state index contributed by atoms with van der Waals surface area (Å²) in [6, 6.07) is 20.2. The Labute approximate surface area is 155 Å². The van der Waals surface area contributed by atoms with Gasteiger partial charge in [-0.25, -0.2) is 0 Å². The van der Waals surface area contributed by atoms with E-state index in [9.17, 15) is 13.6 Å². The summed E-state index contributed by atoms with van der Waals surface area (Å²) in [7, 11) is 0. The Morgan fingerprint density at radius 1 is 0.926 bits per heavy atom. The van der Waals surface area contributed by atoms with Crippen molar-refractivity contribution in [1.29, 1.82) is 0 Å². The summed E-state index contributed by atoms with van der Waals surface area (Å²) >= 11 is 0. The van der Waals surface area contributed by atoms with Crippen molar-refractivity contribution in [1.82, 2.24) is 0 Å². The molecule has 0 radical (unpaired) electrons. The third kappa shape index (κ3) is 5.04. The summed E-state index contributed by atoms with van der Waals surface area (Å²) < 4.78 is 35.1. The summed E-state index contributed by atoms with van der Waals surface area (Å²) in [6.07, 6.45) is 0. The maximum Gasteiger partial charge on any atom is 0.387 e. The molecule has 3 aromatic rings. The van der Waals surface area contributed by atoms with Gasteiger partial charge in [0.05, 0.1) is 5.56 Å². The van der Waals surface area contributed by atoms with Crippen LogP contribution in [0.3, 0.4) is 0 Å². The topological polar surface area (TPSA) is 47.6 Å². The van der Waals surface area contributed by atoms with Gasteiger partial charge in [-0.05, 0) is 61.0 Å². The van der Waals surface area contributed by atoms with Gasteiger partial charge in [0.25, 0.3) is 5.91 Å². The third-order valence-corrected chi connectivity index (χ3v) is 3.69. The lowest BCUT2D eigenvalue weighted by Crippen LogP contribution is -2.14. The lowest BCUT2D eigenvalue weighted by Gasteiger charge is -2.11. The molecule has 0 bridgehead atoms. The molecule has 138 valence electrons. The van der Waals surface area contributed by atoms with E-state index in [2.05, 4.69) is 10.1 Å². The van der Waals surface area contributed by atoms with Gasteiger partial charge in [-0.3, -0.25) is 4.79 Å². The van der Waals surface area contributed by atoms with Crippen LogP contribution in [0.5, 0.6) is 17.2 Å². The van der Waals surface area contributed by atoms with E-state index in [4.69, 9.17) is 4.74 Å². The molecule has 0 unspecified atom stereocenters. The van der Waals surface area contributed by atoms with E-state index in [0.29, 0.717) is 17.2 Å². The molecule has 0 aliphatic rings. The zero-order valence-corrected chi connectivity index (χ0v) is 14.5. The lowest BCUT2D eigenvalue weighted by molar-refractivity contribution is -0.0501. The van der Waals surface area contributed by atoms with Crippen LogP contribution in [-0.4, -0.2) is 12.5 Å². The smallest absolute Gasteiger partial charge is 0.387 e. The molecule has 0 heterocycles. The molecule has 0 saturated carbocycles. The minimum Gasteiger partial charge on any atom is -0.457 e. The summed E-state index contributed by atoms with van der Waals surface area (Å²) in [5.41, 5.74) is 1.61. The lowest BCUT2D eigenvalue weighted by atomic mass is 10.2. The van der Waals surface area contributed by atoms with E-state index in [-0.39, 0.29) is 11.3 Å². The summed E-state index contributed by atoms with van der Waals surface area (Å²) in [6.45, 7) is -1.03. The number of aryl methyl sites for hydroxylation is 1. The highest BCUT2D eigenvalue weighted by molar-refractivity contribution is 6.06. The molecule has 0 aromatic heterocycles. The molecule has 0 fully saturated rings. The monoisotopic (exact) mass is 369 g/mol. The number of carbonyl (C=O) groups is 1. The average Bonchev–Trinajstić information content (AvgIpc) is 2.63. The van der Waals surface area contributed by atoms with E-state index in [1.165, 1.54) is 18.2 Å². The summed E-state index contributed by atoms with van der Waals surface area (Å²) in [4.78, 5) is 12.4. The van der Waals surface area contributed by atoms with Crippen LogP contribution in [-0.2, 0) is 0 Å². The number of benzene rings is 3. The highest BCUT2D eigenvalue weighted by atomic mass is 19.3. The Bertz CT molecular complexity index is 927. The van der Waals surface area contributed by atoms with Gasteiger partial charge in [0, 0.05) is 5.69 Å². The number of halogens is 2. The first kappa shape index (κ1) is 18.4. The predicted octanol–water partition coefficient (Wildman–Crippen LogP) is 5.64. The van der Waals surface area contributed by atoms with E-state index < -0.39 is 12.5 Å². The van der Waals surface area contributed by atoms with Crippen LogP contribution in [0.4, 0.5) is 14.5 Å². The van der Waals surface area contributed by atoms with Crippen LogP contribution in [0.15, 0.2) is 72.8 Å². The second kappa shape index (κ2) is 8.31. The molecule has 3 rings (SSSR count). The number of anilines is 1. The van der Waals surface area contributed by atoms with Crippen molar-refractivity contribution in [2.45, 2.75) is 13.5 Å². The van der Waals surface area contributed by atoms with E-state index in [1.807, 2.05) is 31.2 Å². The largest absolute Gasteiger partial charge is 0.457 e.